The van der Waals surface area contributed by atoms with Crippen molar-refractivity contribution in [2.45, 2.75) is 0 Å². The maximum Gasteiger partial charge on any atom is 0.243 e. The van der Waals surface area contributed by atoms with E-state index in [0.29, 0.717) is 0 Å². The van der Waals surface area contributed by atoms with Crippen LogP contribution in [0.4, 0.5) is 0 Å². The van der Waals surface area contributed by atoms with Gasteiger partial charge in [0.2, 0.25) is 5.28 Å². The number of hydrogen-bond donors (Lipinski definition) is 0. The molecule has 0 saturated carbocycles. The van der Waals surface area contributed by atoms with Crippen molar-refractivity contribution in [1.29, 1.82) is 0 Å². The number of benzene rings is 5. The summed E-state index contributed by atoms with van der Waals surface area (Å²) in [4.78, 5) is 8.96. The predicted molar refractivity (Wildman–Crippen MR) is 203 cm³/mol. The lowest BCUT2D eigenvalue weighted by Crippen LogP contribution is -1.93. The van der Waals surface area contributed by atoms with E-state index in [1.165, 1.54) is 5.56 Å². The van der Waals surface area contributed by atoms with Crippen molar-refractivity contribution in [2.75, 3.05) is 0 Å². The van der Waals surface area contributed by atoms with Gasteiger partial charge in [0.1, 0.15) is 0 Å². The van der Waals surface area contributed by atoms with Crippen LogP contribution in [0.3, 0.4) is 0 Å². The van der Waals surface area contributed by atoms with E-state index < -0.39 is 0 Å². The van der Waals surface area contributed by atoms with Gasteiger partial charge in [-0.25, -0.2) is 14.0 Å². The summed E-state index contributed by atoms with van der Waals surface area (Å²) in [6.07, 6.45) is 3.86. The number of hydrogen-bond acceptors (Lipinski definition) is 4. The lowest BCUT2D eigenvalue weighted by Gasteiger charge is -2.08. The molecule has 4 heterocycles. The molecule has 0 amide bonds. The van der Waals surface area contributed by atoms with Crippen molar-refractivity contribution < 1.29 is 0 Å². The molecule has 8 heteroatoms. The highest BCUT2D eigenvalue weighted by molar-refractivity contribution is 6.30. The van der Waals surface area contributed by atoms with Crippen LogP contribution in [0, 0.1) is 0 Å². The largest absolute Gasteiger partial charge is 0.243 e. The van der Waals surface area contributed by atoms with E-state index in [-0.39, 0.29) is 5.28 Å². The van der Waals surface area contributed by atoms with E-state index in [1.54, 1.807) is 9.03 Å². The first kappa shape index (κ1) is 31.2. The summed E-state index contributed by atoms with van der Waals surface area (Å²) in [6.45, 7) is 0. The molecule has 50 heavy (non-hydrogen) atoms. The third-order valence-electron chi connectivity index (χ3n) is 8.36. The summed E-state index contributed by atoms with van der Waals surface area (Å²) in [5, 5.41) is 9.83. The zero-order chi connectivity index (χ0) is 33.9. The van der Waals surface area contributed by atoms with Crippen LogP contribution in [-0.2, 0) is 0 Å². The second-order valence-corrected chi connectivity index (χ2v) is 12.4. The first-order valence-electron chi connectivity index (χ1n) is 16.0. The monoisotopic (exact) mass is 686 g/mol. The molecular formula is C42H28Cl2N6. The Hall–Kier alpha value is -6.08. The Morgan fingerprint density at radius 1 is 0.420 bits per heavy atom. The third-order valence-corrected chi connectivity index (χ3v) is 8.77. The molecule has 0 atom stereocenters. The number of aromatic nitrogens is 6. The van der Waals surface area contributed by atoms with Gasteiger partial charge < -0.3 is 0 Å². The number of nitrogens with zero attached hydrogens (tertiary/aromatic N) is 6. The lowest BCUT2D eigenvalue weighted by molar-refractivity contribution is 0.964. The highest BCUT2D eigenvalue weighted by Gasteiger charge is 2.12. The van der Waals surface area contributed by atoms with E-state index in [0.717, 1.165) is 66.6 Å². The summed E-state index contributed by atoms with van der Waals surface area (Å²) < 4.78 is 3.54. The van der Waals surface area contributed by atoms with Crippen molar-refractivity contribution in [3.8, 4) is 55.9 Å². The Bertz CT molecular complexity index is 2510. The molecule has 9 aromatic rings. The summed E-state index contributed by atoms with van der Waals surface area (Å²) in [5.74, 6) is 0.728. The smallest absolute Gasteiger partial charge is 0.221 e. The second-order valence-electron chi connectivity index (χ2n) is 11.6. The molecule has 0 aliphatic rings. The molecule has 0 bridgehead atoms. The Kier molecular flexibility index (Phi) is 8.61. The van der Waals surface area contributed by atoms with E-state index in [9.17, 15) is 0 Å². The van der Waals surface area contributed by atoms with Crippen LogP contribution in [0.2, 0.25) is 10.3 Å². The fourth-order valence-electron chi connectivity index (χ4n) is 5.87. The number of halogens is 2. The molecule has 0 spiro atoms. The molecule has 0 fully saturated rings. The maximum absolute atomic E-state index is 6.00. The van der Waals surface area contributed by atoms with Crippen LogP contribution in [0.25, 0.3) is 67.2 Å². The number of fused-ring (bicyclic) bond motifs is 2. The molecule has 0 N–H and O–H groups in total. The highest BCUT2D eigenvalue weighted by Crippen LogP contribution is 2.31. The van der Waals surface area contributed by atoms with Gasteiger partial charge in [-0.05, 0) is 81.4 Å². The van der Waals surface area contributed by atoms with Crippen molar-refractivity contribution in [3.05, 3.63) is 180 Å². The van der Waals surface area contributed by atoms with Gasteiger partial charge in [0.25, 0.3) is 0 Å². The van der Waals surface area contributed by atoms with Crippen molar-refractivity contribution >= 4 is 34.5 Å². The Balaban J connectivity index is 0.000000149. The van der Waals surface area contributed by atoms with E-state index in [2.05, 4.69) is 86.9 Å². The molecule has 0 unspecified atom stereocenters. The summed E-state index contributed by atoms with van der Waals surface area (Å²) >= 11 is 12.0. The van der Waals surface area contributed by atoms with E-state index in [4.69, 9.17) is 23.2 Å². The van der Waals surface area contributed by atoms with Crippen LogP contribution in [0.15, 0.2) is 170 Å². The molecular weight excluding hydrogens is 659 g/mol. The fraction of sp³-hybridized carbons (Fsp3) is 0. The van der Waals surface area contributed by atoms with Gasteiger partial charge in [-0.15, -0.1) is 10.2 Å². The zero-order valence-corrected chi connectivity index (χ0v) is 28.1. The topological polar surface area (TPSA) is 60.4 Å². The molecule has 5 aromatic carbocycles. The minimum absolute atomic E-state index is 0.252. The van der Waals surface area contributed by atoms with Gasteiger partial charge in [0.05, 0.1) is 0 Å². The lowest BCUT2D eigenvalue weighted by atomic mass is 9.99. The number of pyridine rings is 2. The minimum atomic E-state index is 0.252. The van der Waals surface area contributed by atoms with Crippen molar-refractivity contribution in [1.82, 2.24) is 29.2 Å². The van der Waals surface area contributed by atoms with Gasteiger partial charge in [-0.1, -0.05) is 133 Å². The van der Waals surface area contributed by atoms with Gasteiger partial charge >= 0.3 is 0 Å². The molecule has 0 radical (unpaired) electrons. The molecule has 0 aliphatic carbocycles. The molecule has 0 aliphatic heterocycles. The van der Waals surface area contributed by atoms with Crippen LogP contribution >= 0.6 is 23.2 Å². The average molecular weight is 688 g/mol. The van der Waals surface area contributed by atoms with Crippen LogP contribution in [0.1, 0.15) is 0 Å². The van der Waals surface area contributed by atoms with Gasteiger partial charge in [0, 0.05) is 34.1 Å². The first-order chi connectivity index (χ1) is 24.6. The van der Waals surface area contributed by atoms with Crippen LogP contribution in [-0.4, -0.2) is 29.2 Å². The first-order valence-corrected chi connectivity index (χ1v) is 16.8. The minimum Gasteiger partial charge on any atom is -0.221 e. The molecule has 6 nitrogen and oxygen atoms in total. The zero-order valence-electron chi connectivity index (χ0n) is 26.6. The second kappa shape index (κ2) is 13.8. The average Bonchev–Trinajstić information content (AvgIpc) is 3.79. The quantitative estimate of drug-likeness (QED) is 0.181. The maximum atomic E-state index is 6.00. The Morgan fingerprint density at radius 2 is 1.00 bits per heavy atom. The Labute approximate surface area is 298 Å². The predicted octanol–water partition coefficient (Wildman–Crippen LogP) is 11.1. The standard InChI is InChI=1S/C24H16ClN3.C18H12ClN3/c25-22-13-11-18(12-14-22)17-7-9-19(10-8-17)20-4-3-5-21(16-20)24-26-23-6-1-2-15-28(23)27-24;19-18-20-17-16(14-9-5-2-6-10-14)11-15(12-22(17)21-18)13-7-3-1-4-8-13/h1-16H;1-12H. The Morgan fingerprint density at radius 3 is 1.70 bits per heavy atom. The van der Waals surface area contributed by atoms with Crippen molar-refractivity contribution in [3.63, 3.8) is 0 Å². The van der Waals surface area contributed by atoms with E-state index in [1.807, 2.05) is 103 Å². The van der Waals surface area contributed by atoms with Gasteiger partial charge in [-0.3, -0.25) is 0 Å². The molecule has 0 saturated heterocycles. The SMILES string of the molecule is Clc1ccc(-c2ccc(-c3cccc(-c4nc5ccccn5n4)c3)cc2)cc1.Clc1nc2c(-c3ccccc3)cc(-c3ccccc3)cn2n1. The van der Waals surface area contributed by atoms with Gasteiger partial charge in [0.15, 0.2) is 17.1 Å². The van der Waals surface area contributed by atoms with E-state index >= 15 is 0 Å². The normalized spacial score (nSPS) is 11.0. The third kappa shape index (κ3) is 6.63. The number of rotatable bonds is 5. The van der Waals surface area contributed by atoms with Crippen LogP contribution in [0.5, 0.6) is 0 Å². The molecule has 240 valence electrons. The fourth-order valence-corrected chi connectivity index (χ4v) is 6.16. The summed E-state index contributed by atoms with van der Waals surface area (Å²) in [7, 11) is 0. The molecule has 4 aromatic heterocycles. The summed E-state index contributed by atoms with van der Waals surface area (Å²) in [6, 6.07) is 53.1. The highest BCUT2D eigenvalue weighted by atomic mass is 35.5. The van der Waals surface area contributed by atoms with Crippen molar-refractivity contribution in [2.24, 2.45) is 0 Å². The molecule has 9 rings (SSSR count). The van der Waals surface area contributed by atoms with Gasteiger partial charge in [-0.2, -0.15) is 4.98 Å². The summed E-state index contributed by atoms with van der Waals surface area (Å²) in [5.41, 5.74) is 11.5. The van der Waals surface area contributed by atoms with Crippen LogP contribution < -0.4 is 0 Å².